The van der Waals surface area contributed by atoms with Crippen LogP contribution in [-0.4, -0.2) is 20.1 Å². The third-order valence-electron chi connectivity index (χ3n) is 21.2. The fraction of sp³-hybridized carbons (Fsp3) is 0.0843. The Bertz CT molecular complexity index is 6130. The number of rotatable bonds is 5. The lowest BCUT2D eigenvalue weighted by Crippen LogP contribution is -2.65. The molecule has 0 amide bonds. The summed E-state index contributed by atoms with van der Waals surface area (Å²) in [5.74, 6) is -4.01. The van der Waals surface area contributed by atoms with Crippen molar-refractivity contribution in [1.82, 2.24) is 0 Å². The second kappa shape index (κ2) is 21.5. The summed E-state index contributed by atoms with van der Waals surface area (Å²) in [6.45, 7) is 11.4. The van der Waals surface area contributed by atoms with E-state index in [4.69, 9.17) is 14.2 Å². The number of hydrogen-bond donors (Lipinski definition) is 0. The minimum absolute atomic E-state index is 0.196. The van der Waals surface area contributed by atoms with Crippen LogP contribution in [0, 0.1) is 95.0 Å². The molecule has 12 aromatic carbocycles. The Kier molecular flexibility index (Phi) is 12.9. The number of benzene rings is 12. The van der Waals surface area contributed by atoms with E-state index in [2.05, 4.69) is 12.1 Å². The maximum Gasteiger partial charge on any atom is 0.273 e. The topological polar surface area (TPSA) is 37.4 Å². The molecule has 0 aliphatic carbocycles. The molecular formula is C83H50B3F8N3O3S2. The quantitative estimate of drug-likeness (QED) is 0.126. The summed E-state index contributed by atoms with van der Waals surface area (Å²) < 4.78 is 162. The first-order chi connectivity index (χ1) is 49.2. The summed E-state index contributed by atoms with van der Waals surface area (Å²) in [6, 6.07) is 47.2. The molecule has 0 spiro atoms. The van der Waals surface area contributed by atoms with E-state index in [1.54, 1.807) is 28.0 Å². The third-order valence-corrected chi connectivity index (χ3v) is 23.7. The van der Waals surface area contributed by atoms with Crippen molar-refractivity contribution in [2.24, 2.45) is 0 Å². The van der Waals surface area contributed by atoms with Crippen molar-refractivity contribution in [3.8, 4) is 56.8 Å². The third kappa shape index (κ3) is 8.48. The van der Waals surface area contributed by atoms with E-state index in [0.29, 0.717) is 115 Å². The van der Waals surface area contributed by atoms with Gasteiger partial charge in [-0.3, -0.25) is 0 Å². The normalized spacial score (nSPS) is 13.8. The number of thiophene rings is 2. The van der Waals surface area contributed by atoms with Crippen LogP contribution in [0.3, 0.4) is 0 Å². The van der Waals surface area contributed by atoms with E-state index in [1.807, 2.05) is 115 Å². The van der Waals surface area contributed by atoms with Gasteiger partial charge < -0.3 is 28.9 Å². The van der Waals surface area contributed by atoms with Crippen LogP contribution in [0.4, 0.5) is 86.3 Å². The maximum absolute atomic E-state index is 18.0. The highest BCUT2D eigenvalue weighted by atomic mass is 32.1. The van der Waals surface area contributed by atoms with Crippen molar-refractivity contribution in [1.29, 1.82) is 0 Å². The van der Waals surface area contributed by atoms with Crippen molar-refractivity contribution in [3.05, 3.63) is 261 Å². The summed E-state index contributed by atoms with van der Waals surface area (Å²) in [4.78, 5) is 4.61. The average Bonchev–Trinajstić information content (AvgIpc) is 0.848. The summed E-state index contributed by atoms with van der Waals surface area (Å²) in [6.07, 6.45) is 0. The molecule has 492 valence electrons. The Balaban J connectivity index is 0.959. The van der Waals surface area contributed by atoms with Crippen molar-refractivity contribution >= 4 is 162 Å². The summed E-state index contributed by atoms with van der Waals surface area (Å²) in [5.41, 5.74) is 13.0. The molecular weight excluding hydrogens is 1340 g/mol. The molecule has 6 aliphatic heterocycles. The second-order valence-corrected chi connectivity index (χ2v) is 29.8. The van der Waals surface area contributed by atoms with Crippen LogP contribution in [0.2, 0.25) is 0 Å². The smallest absolute Gasteiger partial charge is 0.273 e. The van der Waals surface area contributed by atoms with Gasteiger partial charge in [0.2, 0.25) is 0 Å². The summed E-state index contributed by atoms with van der Waals surface area (Å²) >= 11 is 2.84. The van der Waals surface area contributed by atoms with Crippen LogP contribution >= 0.6 is 22.7 Å². The molecule has 0 radical (unpaired) electrons. The average molecular weight is 1390 g/mol. The molecule has 0 saturated heterocycles. The molecule has 6 nitrogen and oxygen atoms in total. The van der Waals surface area contributed by atoms with Gasteiger partial charge in [-0.1, -0.05) is 65.7 Å². The van der Waals surface area contributed by atoms with Gasteiger partial charge >= 0.3 is 0 Å². The number of para-hydroxylation sites is 3. The van der Waals surface area contributed by atoms with Gasteiger partial charge in [0.25, 0.3) is 20.1 Å². The van der Waals surface area contributed by atoms with Gasteiger partial charge in [-0.15, -0.1) is 22.7 Å². The van der Waals surface area contributed by atoms with Crippen LogP contribution in [0.15, 0.2) is 176 Å². The zero-order valence-corrected chi connectivity index (χ0v) is 57.0. The van der Waals surface area contributed by atoms with Gasteiger partial charge in [0.05, 0.1) is 0 Å². The predicted molar refractivity (Wildman–Crippen MR) is 398 cm³/mol. The van der Waals surface area contributed by atoms with Crippen LogP contribution in [0.25, 0.3) is 42.4 Å². The van der Waals surface area contributed by atoms with Crippen molar-refractivity contribution < 1.29 is 49.3 Å². The summed E-state index contributed by atoms with van der Waals surface area (Å²) in [5, 5.41) is 1.07. The molecule has 2 aromatic heterocycles. The summed E-state index contributed by atoms with van der Waals surface area (Å²) in [7, 11) is 0. The molecule has 14 aromatic rings. The molecule has 6 aliphatic rings. The second-order valence-electron chi connectivity index (χ2n) is 27.7. The Labute approximate surface area is 589 Å². The minimum atomic E-state index is -1.03. The lowest BCUT2D eigenvalue weighted by molar-refractivity contribution is 0.467. The molecule has 0 unspecified atom stereocenters. The number of aryl methyl sites for hydroxylation is 7. The van der Waals surface area contributed by atoms with Gasteiger partial charge in [0, 0.05) is 75.4 Å². The predicted octanol–water partition coefficient (Wildman–Crippen LogP) is 17.9. The molecule has 0 N–H and O–H groups in total. The van der Waals surface area contributed by atoms with Gasteiger partial charge in [-0.2, -0.15) is 0 Å². The zero-order chi connectivity index (χ0) is 69.6. The Morgan fingerprint density at radius 3 is 1.15 bits per heavy atom. The molecule has 0 fully saturated rings. The lowest BCUT2D eigenvalue weighted by Gasteiger charge is -2.46. The monoisotopic (exact) mass is 1390 g/mol. The standard InChI is InChI=1S/C83H50B3F8N3O3S2/c1-37-21-40(4)72(41(5)22-37)44-27-63-74-64(28-44)97(79-58(93)15-10-16-59(79)94)62-36-66-53(86-76-67(98-66)25-39(3)26-68(76)99-81-49-32-47(88)18-20-71(49)102-83(81)86)34-51(62)84(74)50-33-52-61(35-60(50)95(63)77-54(89)11-8-12-55(77)90)96(78-56(91)13-9-14-57(78)92)65-29-45(73-42(6)23-38(2)24-43(73)7)30-69-75(65)85(52)82-80(100-69)48-31-46(87)17-19-70(48)101-82/h8-36H,1-7H3. The number of anilines is 9. The van der Waals surface area contributed by atoms with Crippen molar-refractivity contribution in [3.63, 3.8) is 0 Å². The van der Waals surface area contributed by atoms with E-state index in [9.17, 15) is 0 Å². The SMILES string of the molecule is Cc1cc(C)c(-c2cc3c4c(c2)N(c2c(F)cccc2F)c2cc5c(cc2B4c2sc4ccc(F)cc4c2O3)B2c3cc4c(cc3N(c3c(F)cccc3F)c3cc(-c6c(C)cc(C)cc6C)cc(c32)N5c2c(F)cccc2F)Oc2cc(C)cc3c2B4c2sc4ccc(F)cc4c2O3)c(C)c1. The van der Waals surface area contributed by atoms with E-state index in [0.717, 1.165) is 71.7 Å². The van der Waals surface area contributed by atoms with Gasteiger partial charge in [-0.05, 0) is 247 Å². The van der Waals surface area contributed by atoms with Crippen LogP contribution < -0.4 is 76.7 Å². The van der Waals surface area contributed by atoms with E-state index in [1.165, 1.54) is 94.3 Å². The number of nitrogens with zero attached hydrogens (tertiary/aromatic N) is 3. The highest BCUT2D eigenvalue weighted by Crippen LogP contribution is 2.54. The molecule has 102 heavy (non-hydrogen) atoms. The zero-order valence-electron chi connectivity index (χ0n) is 55.4. The molecule has 0 saturated carbocycles. The molecule has 19 heteroatoms. The highest BCUT2D eigenvalue weighted by molar-refractivity contribution is 7.34. The van der Waals surface area contributed by atoms with Crippen LogP contribution in [0.1, 0.15) is 38.9 Å². The fourth-order valence-electron chi connectivity index (χ4n) is 17.6. The van der Waals surface area contributed by atoms with E-state index < -0.39 is 83.7 Å². The molecule has 20 rings (SSSR count). The van der Waals surface area contributed by atoms with Crippen molar-refractivity contribution in [2.75, 3.05) is 14.7 Å². The first-order valence-electron chi connectivity index (χ1n) is 33.5. The number of hydrogen-bond acceptors (Lipinski definition) is 8. The van der Waals surface area contributed by atoms with Crippen molar-refractivity contribution in [2.45, 2.75) is 48.5 Å². The highest BCUT2D eigenvalue weighted by Gasteiger charge is 2.52. The molecule has 8 heterocycles. The molecule has 0 atom stereocenters. The minimum Gasteiger partial charge on any atom is -0.458 e. The van der Waals surface area contributed by atoms with Gasteiger partial charge in [-0.25, -0.2) is 35.1 Å². The van der Waals surface area contributed by atoms with Gasteiger partial charge in [0.15, 0.2) is 0 Å². The largest absolute Gasteiger partial charge is 0.458 e. The maximum atomic E-state index is 18.0. The van der Waals surface area contributed by atoms with Crippen LogP contribution in [0.5, 0.6) is 34.5 Å². The number of halogens is 8. The Morgan fingerprint density at radius 1 is 0.314 bits per heavy atom. The first-order valence-corrected chi connectivity index (χ1v) is 35.1. The first kappa shape index (κ1) is 60.9. The van der Waals surface area contributed by atoms with Crippen LogP contribution in [-0.2, 0) is 0 Å². The Hall–Kier alpha value is -11.0. The fourth-order valence-corrected chi connectivity index (χ4v) is 20.1. The van der Waals surface area contributed by atoms with E-state index >= 15 is 35.1 Å². The number of ether oxygens (including phenoxy) is 3. The molecule has 0 bridgehead atoms. The van der Waals surface area contributed by atoms with E-state index in [-0.39, 0.29) is 22.7 Å². The lowest BCUT2D eigenvalue weighted by atomic mass is 9.30. The van der Waals surface area contributed by atoms with Gasteiger partial charge in [0.1, 0.15) is 98.1 Å². The Morgan fingerprint density at radius 2 is 0.686 bits per heavy atom. The number of fused-ring (bicyclic) bond motifs is 16.